The largest absolute Gasteiger partial charge is 0.448 e. The molecule has 0 aliphatic carbocycles. The van der Waals surface area contributed by atoms with Crippen LogP contribution < -0.4 is 11.3 Å². The van der Waals surface area contributed by atoms with Gasteiger partial charge < -0.3 is 10.2 Å². The van der Waals surface area contributed by atoms with E-state index in [9.17, 15) is 4.79 Å². The normalized spacial score (nSPS) is 10.2. The lowest BCUT2D eigenvalue weighted by Gasteiger charge is -2.00. The maximum absolute atomic E-state index is 10.9. The topological polar surface area (TPSA) is 74.1 Å². The minimum absolute atomic E-state index is 0.0962. The molecule has 66 valence electrons. The summed E-state index contributed by atoms with van der Waals surface area (Å²) < 4.78 is 6.62. The van der Waals surface area contributed by atoms with E-state index in [1.165, 1.54) is 23.4 Å². The monoisotopic (exact) mass is 177 g/mol. The molecule has 0 aromatic carbocycles. The summed E-state index contributed by atoms with van der Waals surface area (Å²) in [5, 5.41) is 0. The van der Waals surface area contributed by atoms with Gasteiger partial charge in [0.1, 0.15) is 12.0 Å². The number of hydrogen-bond donors (Lipinski definition) is 1. The average Bonchev–Trinajstić information content (AvgIpc) is 2.62. The fourth-order valence-corrected chi connectivity index (χ4v) is 0.965. The van der Waals surface area contributed by atoms with E-state index in [1.807, 2.05) is 0 Å². The molecule has 0 fully saturated rings. The molecule has 0 saturated carbocycles. The fourth-order valence-electron chi connectivity index (χ4n) is 0.965. The molecular formula is C8H7N3O2. The first-order valence-electron chi connectivity index (χ1n) is 3.65. The van der Waals surface area contributed by atoms with Crippen molar-refractivity contribution in [2.45, 2.75) is 0 Å². The third-order valence-corrected chi connectivity index (χ3v) is 1.59. The number of nitrogen functional groups attached to an aromatic ring is 1. The van der Waals surface area contributed by atoms with Crippen molar-refractivity contribution >= 4 is 5.69 Å². The predicted octanol–water partition coefficient (Wildman–Crippen LogP) is 0.408. The Balaban J connectivity index is 2.55. The fraction of sp³-hybridized carbons (Fsp3) is 0. The average molecular weight is 177 g/mol. The molecule has 0 aliphatic rings. The Morgan fingerprint density at radius 3 is 3.00 bits per heavy atom. The molecule has 0 radical (unpaired) electrons. The minimum Gasteiger partial charge on any atom is -0.448 e. The van der Waals surface area contributed by atoms with Gasteiger partial charge in [-0.1, -0.05) is 0 Å². The van der Waals surface area contributed by atoms with Gasteiger partial charge in [0.2, 0.25) is 5.88 Å². The van der Waals surface area contributed by atoms with Gasteiger partial charge in [-0.2, -0.15) is 4.98 Å². The molecule has 5 heteroatoms. The maximum atomic E-state index is 10.9. The van der Waals surface area contributed by atoms with E-state index in [1.54, 1.807) is 12.1 Å². The first-order chi connectivity index (χ1) is 6.27. The number of anilines is 1. The van der Waals surface area contributed by atoms with Crippen molar-refractivity contribution < 1.29 is 4.42 Å². The lowest BCUT2D eigenvalue weighted by Crippen LogP contribution is -2.14. The molecule has 2 aromatic heterocycles. The first kappa shape index (κ1) is 7.60. The van der Waals surface area contributed by atoms with E-state index in [4.69, 9.17) is 10.2 Å². The van der Waals surface area contributed by atoms with Gasteiger partial charge >= 0.3 is 0 Å². The van der Waals surface area contributed by atoms with Crippen LogP contribution in [0.25, 0.3) is 5.88 Å². The molecule has 5 nitrogen and oxygen atoms in total. The van der Waals surface area contributed by atoms with Crippen LogP contribution in [-0.2, 0) is 0 Å². The molecule has 2 aromatic rings. The highest BCUT2D eigenvalue weighted by molar-refractivity contribution is 5.33. The van der Waals surface area contributed by atoms with Crippen molar-refractivity contribution in [3.8, 4) is 5.88 Å². The molecular weight excluding hydrogens is 170 g/mol. The Kier molecular flexibility index (Phi) is 1.63. The summed E-state index contributed by atoms with van der Waals surface area (Å²) in [5.74, 6) is 0.569. The Bertz CT molecular complexity index is 458. The van der Waals surface area contributed by atoms with Crippen LogP contribution in [0.2, 0.25) is 0 Å². The minimum atomic E-state index is -0.428. The van der Waals surface area contributed by atoms with Gasteiger partial charge in [0.05, 0.1) is 6.26 Å². The summed E-state index contributed by atoms with van der Waals surface area (Å²) in [6, 6.07) is 3.48. The zero-order valence-electron chi connectivity index (χ0n) is 6.68. The Morgan fingerprint density at radius 2 is 2.38 bits per heavy atom. The van der Waals surface area contributed by atoms with Crippen LogP contribution in [0.5, 0.6) is 0 Å². The summed E-state index contributed by atoms with van der Waals surface area (Å²) >= 11 is 0. The van der Waals surface area contributed by atoms with E-state index < -0.39 is 5.56 Å². The van der Waals surface area contributed by atoms with Crippen molar-refractivity contribution in [3.63, 3.8) is 0 Å². The Morgan fingerprint density at radius 1 is 1.54 bits per heavy atom. The van der Waals surface area contributed by atoms with Crippen molar-refractivity contribution in [2.75, 3.05) is 5.73 Å². The van der Waals surface area contributed by atoms with Gasteiger partial charge in [0.15, 0.2) is 0 Å². The summed E-state index contributed by atoms with van der Waals surface area (Å²) in [6.45, 7) is 0. The molecule has 0 aliphatic heterocycles. The summed E-state index contributed by atoms with van der Waals surface area (Å²) in [6.07, 6.45) is 4.36. The smallest absolute Gasteiger partial charge is 0.295 e. The molecule has 0 amide bonds. The standard InChI is InChI=1S/C8H7N3O2/c9-6-4-11(5-10-8(6)12)7-2-1-3-13-7/h1-5H,9H2. The number of rotatable bonds is 1. The van der Waals surface area contributed by atoms with Crippen molar-refractivity contribution in [3.05, 3.63) is 41.3 Å². The van der Waals surface area contributed by atoms with Crippen LogP contribution in [0, 0.1) is 0 Å². The van der Waals surface area contributed by atoms with E-state index in [-0.39, 0.29) is 5.69 Å². The van der Waals surface area contributed by atoms with Crippen LogP contribution in [-0.4, -0.2) is 9.55 Å². The van der Waals surface area contributed by atoms with Gasteiger partial charge in [-0.3, -0.25) is 9.36 Å². The molecule has 0 atom stereocenters. The molecule has 0 bridgehead atoms. The molecule has 2 N–H and O–H groups in total. The van der Waals surface area contributed by atoms with Gasteiger partial charge in [-0.15, -0.1) is 0 Å². The highest BCUT2D eigenvalue weighted by atomic mass is 16.3. The second kappa shape index (κ2) is 2.78. The summed E-state index contributed by atoms with van der Waals surface area (Å²) in [4.78, 5) is 14.4. The second-order valence-corrected chi connectivity index (χ2v) is 2.49. The number of furan rings is 1. The van der Waals surface area contributed by atoms with Gasteiger partial charge in [0, 0.05) is 12.3 Å². The zero-order chi connectivity index (χ0) is 9.26. The summed E-state index contributed by atoms with van der Waals surface area (Å²) in [5.41, 5.74) is 5.06. The van der Waals surface area contributed by atoms with Gasteiger partial charge in [0.25, 0.3) is 5.56 Å². The lowest BCUT2D eigenvalue weighted by molar-refractivity contribution is 0.535. The van der Waals surface area contributed by atoms with Crippen molar-refractivity contribution in [1.29, 1.82) is 0 Å². The molecule has 0 saturated heterocycles. The Hall–Kier alpha value is -2.04. The molecule has 2 heterocycles. The quantitative estimate of drug-likeness (QED) is 0.684. The zero-order valence-corrected chi connectivity index (χ0v) is 6.68. The number of aromatic nitrogens is 2. The van der Waals surface area contributed by atoms with E-state index in [2.05, 4.69) is 4.98 Å². The second-order valence-electron chi connectivity index (χ2n) is 2.49. The first-order valence-corrected chi connectivity index (χ1v) is 3.65. The van der Waals surface area contributed by atoms with Crippen LogP contribution >= 0.6 is 0 Å². The third kappa shape index (κ3) is 1.31. The van der Waals surface area contributed by atoms with E-state index in [0.717, 1.165) is 0 Å². The van der Waals surface area contributed by atoms with E-state index >= 15 is 0 Å². The van der Waals surface area contributed by atoms with Crippen molar-refractivity contribution in [1.82, 2.24) is 9.55 Å². The summed E-state index contributed by atoms with van der Waals surface area (Å²) in [7, 11) is 0. The van der Waals surface area contributed by atoms with E-state index in [0.29, 0.717) is 5.88 Å². The molecule has 0 spiro atoms. The maximum Gasteiger partial charge on any atom is 0.295 e. The van der Waals surface area contributed by atoms with Crippen LogP contribution in [0.4, 0.5) is 5.69 Å². The lowest BCUT2D eigenvalue weighted by atomic mass is 10.5. The number of nitrogens with zero attached hydrogens (tertiary/aromatic N) is 2. The van der Waals surface area contributed by atoms with Gasteiger partial charge in [-0.05, 0) is 6.07 Å². The Labute approximate surface area is 73.4 Å². The molecule has 13 heavy (non-hydrogen) atoms. The molecule has 2 rings (SSSR count). The number of hydrogen-bond acceptors (Lipinski definition) is 4. The highest BCUT2D eigenvalue weighted by Crippen LogP contribution is 2.06. The van der Waals surface area contributed by atoms with Crippen LogP contribution in [0.1, 0.15) is 0 Å². The van der Waals surface area contributed by atoms with Crippen molar-refractivity contribution in [2.24, 2.45) is 0 Å². The highest BCUT2D eigenvalue weighted by Gasteiger charge is 1.99. The molecule has 0 unspecified atom stereocenters. The SMILES string of the molecule is Nc1cn(-c2ccco2)cnc1=O. The van der Waals surface area contributed by atoms with Crippen LogP contribution in [0.15, 0.2) is 40.1 Å². The third-order valence-electron chi connectivity index (χ3n) is 1.59. The van der Waals surface area contributed by atoms with Crippen LogP contribution in [0.3, 0.4) is 0 Å². The predicted molar refractivity (Wildman–Crippen MR) is 46.5 cm³/mol. The number of nitrogens with two attached hydrogens (primary N) is 1. The van der Waals surface area contributed by atoms with Gasteiger partial charge in [-0.25, -0.2) is 0 Å².